The van der Waals surface area contributed by atoms with Crippen LogP contribution in [0.15, 0.2) is 97.2 Å². The van der Waals surface area contributed by atoms with Crippen LogP contribution in [-0.4, -0.2) is 96.7 Å². The number of phosphoric ester groups is 2. The van der Waals surface area contributed by atoms with Gasteiger partial charge in [-0.3, -0.25) is 37.3 Å². The maximum Gasteiger partial charge on any atom is 0.472 e. The molecule has 0 rings (SSSR count). The van der Waals surface area contributed by atoms with Crippen molar-refractivity contribution in [3.05, 3.63) is 97.2 Å². The van der Waals surface area contributed by atoms with E-state index in [4.69, 9.17) is 37.0 Å². The Morgan fingerprint density at radius 2 is 0.542 bits per heavy atom. The van der Waals surface area contributed by atoms with Crippen LogP contribution in [0.2, 0.25) is 0 Å². The molecule has 5 unspecified atom stereocenters. The Hall–Kier alpha value is -4.02. The van der Waals surface area contributed by atoms with Crippen molar-refractivity contribution in [2.45, 2.75) is 329 Å². The first kappa shape index (κ1) is 92.0. The Morgan fingerprint density at radius 3 is 0.885 bits per heavy atom. The highest BCUT2D eigenvalue weighted by molar-refractivity contribution is 7.47. The van der Waals surface area contributed by atoms with Crippen molar-refractivity contribution in [2.75, 3.05) is 39.6 Å². The highest BCUT2D eigenvalue weighted by Crippen LogP contribution is 2.45. The van der Waals surface area contributed by atoms with Crippen molar-refractivity contribution in [2.24, 2.45) is 0 Å². The smallest absolute Gasteiger partial charge is 0.462 e. The van der Waals surface area contributed by atoms with Gasteiger partial charge in [0.25, 0.3) is 0 Å². The minimum Gasteiger partial charge on any atom is -0.462 e. The predicted octanol–water partition coefficient (Wildman–Crippen LogP) is 21.2. The average molecular weight is 1390 g/mol. The number of carbonyl (C=O) groups is 4. The molecule has 0 bridgehead atoms. The molecule has 0 fully saturated rings. The normalized spacial score (nSPS) is 14.5. The number of carbonyl (C=O) groups excluding carboxylic acids is 4. The lowest BCUT2D eigenvalue weighted by Gasteiger charge is -2.21. The summed E-state index contributed by atoms with van der Waals surface area (Å²) in [7, 11) is -9.96. The SMILES string of the molecule is CC/C=C\C/C=C\C/C=C\C/C=C\CCCCC(=O)OCC(COP(=O)(O)OCC(O)COP(=O)(O)OCC(COC(=O)CCCCCCC/C=C\CCCCCC)OC(=O)CCCCCCC/C=C\CCCCCC)OC(=O)CCCCCCC/C=C\C/C=C\CCCCC. The first-order chi connectivity index (χ1) is 46.7. The summed E-state index contributed by atoms with van der Waals surface area (Å²) in [5.41, 5.74) is 0. The Balaban J connectivity index is 5.39. The van der Waals surface area contributed by atoms with Crippen molar-refractivity contribution in [1.29, 1.82) is 0 Å². The largest absolute Gasteiger partial charge is 0.472 e. The monoisotopic (exact) mass is 1390 g/mol. The third-order valence-electron chi connectivity index (χ3n) is 15.5. The fraction of sp³-hybridized carbons (Fsp3) is 0.740. The van der Waals surface area contributed by atoms with Gasteiger partial charge in [-0.05, 0) is 148 Å². The van der Waals surface area contributed by atoms with E-state index in [1.165, 1.54) is 70.6 Å². The molecule has 0 heterocycles. The second-order valence-electron chi connectivity index (χ2n) is 24.8. The first-order valence-corrected chi connectivity index (χ1v) is 40.5. The second kappa shape index (κ2) is 69.5. The van der Waals surface area contributed by atoms with Gasteiger partial charge in [0.05, 0.1) is 26.4 Å². The van der Waals surface area contributed by atoms with Gasteiger partial charge < -0.3 is 33.8 Å². The molecule has 0 aliphatic rings. The zero-order valence-electron chi connectivity index (χ0n) is 60.3. The number of ether oxygens (including phenoxy) is 4. The van der Waals surface area contributed by atoms with Crippen LogP contribution in [0.4, 0.5) is 0 Å². The maximum atomic E-state index is 13.1. The molecule has 0 aliphatic carbocycles. The van der Waals surface area contributed by atoms with Crippen LogP contribution in [-0.2, 0) is 65.4 Å². The summed E-state index contributed by atoms with van der Waals surface area (Å²) in [5, 5.41) is 10.6. The van der Waals surface area contributed by atoms with Crippen molar-refractivity contribution >= 4 is 39.5 Å². The highest BCUT2D eigenvalue weighted by Gasteiger charge is 2.30. The lowest BCUT2D eigenvalue weighted by atomic mass is 10.1. The Morgan fingerprint density at radius 1 is 0.302 bits per heavy atom. The molecule has 19 heteroatoms. The molecular weight excluding hydrogens is 1260 g/mol. The molecule has 0 aromatic carbocycles. The Kier molecular flexibility index (Phi) is 66.6. The molecule has 0 saturated heterocycles. The molecule has 554 valence electrons. The zero-order valence-corrected chi connectivity index (χ0v) is 62.1. The molecule has 0 aromatic rings. The van der Waals surface area contributed by atoms with Gasteiger partial charge >= 0.3 is 39.5 Å². The number of aliphatic hydroxyl groups excluding tert-OH is 1. The van der Waals surface area contributed by atoms with E-state index in [1.54, 1.807) is 0 Å². The van der Waals surface area contributed by atoms with Crippen LogP contribution in [0.5, 0.6) is 0 Å². The average Bonchev–Trinajstić information content (AvgIpc) is 1.36. The van der Waals surface area contributed by atoms with E-state index < -0.39 is 97.5 Å². The fourth-order valence-electron chi connectivity index (χ4n) is 9.76. The molecule has 17 nitrogen and oxygen atoms in total. The van der Waals surface area contributed by atoms with E-state index in [0.717, 1.165) is 161 Å². The number of rotatable bonds is 70. The number of allylic oxidation sites excluding steroid dienone is 16. The standard InChI is InChI=1S/C77H134O17P2/c1-5-9-13-17-21-25-29-33-35-39-42-46-50-54-58-62-75(80)88-68-73(94-77(82)64-60-56-52-48-44-40-36-34-30-26-22-18-14-10-6-2)70-92-96(85,86)90-66-71(78)65-89-95(83,84)91-69-72(93-76(81)63-59-55-51-47-43-38-32-28-24-20-16-12-8-4)67-87-74(79)61-57-53-49-45-41-37-31-27-23-19-15-11-7-3/h9,13,21-22,25-28,31-36,42,46,71-73,78H,5-8,10-12,14-20,23-24,29-30,37-41,43-45,47-70H2,1-4H3,(H,83,84)(H,85,86)/b13-9-,25-21-,26-22-,31-27-,32-28-,35-33-,36-34-,46-42-. The van der Waals surface area contributed by atoms with E-state index in [0.29, 0.717) is 25.7 Å². The Labute approximate surface area is 582 Å². The molecule has 0 spiro atoms. The lowest BCUT2D eigenvalue weighted by molar-refractivity contribution is -0.161. The van der Waals surface area contributed by atoms with Crippen LogP contribution < -0.4 is 0 Å². The molecule has 0 amide bonds. The van der Waals surface area contributed by atoms with E-state index in [9.17, 15) is 43.2 Å². The summed E-state index contributed by atoms with van der Waals surface area (Å²) >= 11 is 0. The third kappa shape index (κ3) is 68.5. The van der Waals surface area contributed by atoms with E-state index in [1.807, 2.05) is 0 Å². The topological polar surface area (TPSA) is 237 Å². The summed E-state index contributed by atoms with van der Waals surface area (Å²) in [5.74, 6) is -2.25. The van der Waals surface area contributed by atoms with E-state index >= 15 is 0 Å². The number of hydrogen-bond donors (Lipinski definition) is 3. The molecule has 3 N–H and O–H groups in total. The van der Waals surface area contributed by atoms with Crippen molar-refractivity contribution in [1.82, 2.24) is 0 Å². The second-order valence-corrected chi connectivity index (χ2v) is 27.8. The van der Waals surface area contributed by atoms with Crippen molar-refractivity contribution in [3.8, 4) is 0 Å². The number of esters is 4. The van der Waals surface area contributed by atoms with Gasteiger partial charge in [0, 0.05) is 25.7 Å². The number of phosphoric acid groups is 2. The van der Waals surface area contributed by atoms with Gasteiger partial charge in [-0.25, -0.2) is 9.13 Å². The minimum absolute atomic E-state index is 0.0692. The number of hydrogen-bond acceptors (Lipinski definition) is 15. The molecule has 0 saturated carbocycles. The molecule has 0 radical (unpaired) electrons. The lowest BCUT2D eigenvalue weighted by Crippen LogP contribution is -2.30. The molecule has 0 aliphatic heterocycles. The van der Waals surface area contributed by atoms with Gasteiger partial charge in [0.2, 0.25) is 0 Å². The summed E-state index contributed by atoms with van der Waals surface area (Å²) < 4.78 is 68.3. The highest BCUT2D eigenvalue weighted by atomic mass is 31.2. The summed E-state index contributed by atoms with van der Waals surface area (Å²) in [6.07, 6.45) is 71.2. The summed E-state index contributed by atoms with van der Waals surface area (Å²) in [6.45, 7) is 4.63. The van der Waals surface area contributed by atoms with Gasteiger partial charge in [-0.1, -0.05) is 234 Å². The zero-order chi connectivity index (χ0) is 70.4. The first-order valence-electron chi connectivity index (χ1n) is 37.5. The molecule has 96 heavy (non-hydrogen) atoms. The van der Waals surface area contributed by atoms with Crippen LogP contribution in [0.3, 0.4) is 0 Å². The number of unbranched alkanes of at least 4 members (excludes halogenated alkanes) is 28. The fourth-order valence-corrected chi connectivity index (χ4v) is 11.3. The van der Waals surface area contributed by atoms with Crippen LogP contribution in [0, 0.1) is 0 Å². The van der Waals surface area contributed by atoms with Gasteiger partial charge in [0.1, 0.15) is 19.3 Å². The van der Waals surface area contributed by atoms with Crippen molar-refractivity contribution in [3.63, 3.8) is 0 Å². The van der Waals surface area contributed by atoms with Gasteiger partial charge in [-0.15, -0.1) is 0 Å². The summed E-state index contributed by atoms with van der Waals surface area (Å²) in [4.78, 5) is 72.7. The van der Waals surface area contributed by atoms with E-state index in [-0.39, 0.29) is 25.7 Å². The summed E-state index contributed by atoms with van der Waals surface area (Å²) in [6, 6.07) is 0. The third-order valence-corrected chi connectivity index (χ3v) is 17.4. The molecule has 5 atom stereocenters. The molecule has 0 aromatic heterocycles. The van der Waals surface area contributed by atoms with E-state index in [2.05, 4.69) is 125 Å². The predicted molar refractivity (Wildman–Crippen MR) is 390 cm³/mol. The van der Waals surface area contributed by atoms with Gasteiger partial charge in [0.15, 0.2) is 12.2 Å². The number of aliphatic hydroxyl groups is 1. The van der Waals surface area contributed by atoms with Crippen molar-refractivity contribution < 1.29 is 80.2 Å². The molecular formula is C77H134O17P2. The quantitative estimate of drug-likeness (QED) is 0.0169. The van der Waals surface area contributed by atoms with Crippen LogP contribution >= 0.6 is 15.6 Å². The van der Waals surface area contributed by atoms with Gasteiger partial charge in [-0.2, -0.15) is 0 Å². The maximum absolute atomic E-state index is 13.1. The Bertz CT molecular complexity index is 2200. The van der Waals surface area contributed by atoms with Crippen LogP contribution in [0.1, 0.15) is 310 Å². The minimum atomic E-state index is -4.98. The van der Waals surface area contributed by atoms with Crippen LogP contribution in [0.25, 0.3) is 0 Å².